The number of hydrogen-bond acceptors (Lipinski definition) is 3. The molecule has 0 aliphatic heterocycles. The van der Waals surface area contributed by atoms with Gasteiger partial charge in [-0.1, -0.05) is 13.8 Å². The van der Waals surface area contributed by atoms with Gasteiger partial charge in [0.05, 0.1) is 10.9 Å². The maximum atomic E-state index is 12.3. The molecule has 112 valence electrons. The lowest BCUT2D eigenvalue weighted by molar-refractivity contribution is 0.486. The lowest BCUT2D eigenvalue weighted by atomic mass is 10.1. The van der Waals surface area contributed by atoms with Gasteiger partial charge in [-0.25, -0.2) is 0 Å². The number of hydrogen-bond donors (Lipinski definition) is 1. The molecular weight excluding hydrogens is 294 g/mol. The van der Waals surface area contributed by atoms with Crippen LogP contribution in [0.4, 0.5) is 0 Å². The molecule has 0 amide bonds. The summed E-state index contributed by atoms with van der Waals surface area (Å²) in [5, 5.41) is 11.7. The van der Waals surface area contributed by atoms with Gasteiger partial charge in [0.2, 0.25) is 0 Å². The summed E-state index contributed by atoms with van der Waals surface area (Å²) in [5.74, 6) is 0. The van der Waals surface area contributed by atoms with E-state index >= 15 is 0 Å². The van der Waals surface area contributed by atoms with Crippen LogP contribution in [0.2, 0.25) is 0 Å². The lowest BCUT2D eigenvalue weighted by Gasteiger charge is -2.15. The second-order valence-corrected chi connectivity index (χ2v) is 6.21. The van der Waals surface area contributed by atoms with E-state index in [1.165, 1.54) is 11.3 Å². The summed E-state index contributed by atoms with van der Waals surface area (Å²) in [6.45, 7) is 4.32. The molecule has 5 heteroatoms. The Hall–Kier alpha value is -2.32. The van der Waals surface area contributed by atoms with Gasteiger partial charge in [-0.15, -0.1) is 11.3 Å². The van der Waals surface area contributed by atoms with Crippen molar-refractivity contribution in [1.29, 1.82) is 5.26 Å². The van der Waals surface area contributed by atoms with Crippen LogP contribution in [-0.2, 0) is 0 Å². The second kappa shape index (κ2) is 5.82. The van der Waals surface area contributed by atoms with E-state index in [1.807, 2.05) is 17.5 Å². The standard InChI is InChI=1S/C17H17N3OS/c1-3-12(4-2)20-9-14(11-7-13(8-18)22-10-11)16-15(20)5-6-19-17(16)21/h5-7,9-10,12H,3-4H2,1-2H3,(H,19,21). The summed E-state index contributed by atoms with van der Waals surface area (Å²) < 4.78 is 2.20. The van der Waals surface area contributed by atoms with Crippen LogP contribution in [0.5, 0.6) is 0 Å². The third kappa shape index (κ3) is 2.26. The monoisotopic (exact) mass is 311 g/mol. The lowest BCUT2D eigenvalue weighted by Crippen LogP contribution is -2.08. The first kappa shape index (κ1) is 14.6. The normalized spacial score (nSPS) is 11.2. The molecule has 3 aromatic heterocycles. The Morgan fingerprint density at radius 3 is 2.82 bits per heavy atom. The Morgan fingerprint density at radius 2 is 2.18 bits per heavy atom. The van der Waals surface area contributed by atoms with Crippen molar-refractivity contribution in [2.75, 3.05) is 0 Å². The maximum Gasteiger partial charge on any atom is 0.258 e. The Labute approximate surface area is 132 Å². The minimum atomic E-state index is -0.0816. The van der Waals surface area contributed by atoms with Gasteiger partial charge in [-0.05, 0) is 30.5 Å². The summed E-state index contributed by atoms with van der Waals surface area (Å²) >= 11 is 1.41. The number of aromatic nitrogens is 2. The number of H-pyrrole nitrogens is 1. The van der Waals surface area contributed by atoms with E-state index in [0.717, 1.165) is 29.5 Å². The molecule has 3 rings (SSSR count). The van der Waals surface area contributed by atoms with Crippen molar-refractivity contribution in [2.45, 2.75) is 32.7 Å². The first-order valence-electron chi connectivity index (χ1n) is 7.40. The molecule has 4 nitrogen and oxygen atoms in total. The number of fused-ring (bicyclic) bond motifs is 1. The zero-order valence-corrected chi connectivity index (χ0v) is 13.4. The highest BCUT2D eigenvalue weighted by Gasteiger charge is 2.18. The largest absolute Gasteiger partial charge is 0.344 e. The third-order valence-corrected chi connectivity index (χ3v) is 4.95. The average Bonchev–Trinajstić information content (AvgIpc) is 3.14. The van der Waals surface area contributed by atoms with Gasteiger partial charge in [0.15, 0.2) is 0 Å². The molecule has 0 saturated heterocycles. The summed E-state index contributed by atoms with van der Waals surface area (Å²) in [6.07, 6.45) is 5.78. The van der Waals surface area contributed by atoms with E-state index in [2.05, 4.69) is 35.7 Å². The van der Waals surface area contributed by atoms with Crippen molar-refractivity contribution >= 4 is 22.2 Å². The molecule has 0 fully saturated rings. The zero-order valence-electron chi connectivity index (χ0n) is 12.6. The summed E-state index contributed by atoms with van der Waals surface area (Å²) in [6, 6.07) is 6.33. The van der Waals surface area contributed by atoms with Crippen molar-refractivity contribution in [3.05, 3.63) is 45.1 Å². The Bertz CT molecular complexity index is 906. The van der Waals surface area contributed by atoms with Crippen molar-refractivity contribution in [3.8, 4) is 17.2 Å². The molecule has 0 aliphatic carbocycles. The topological polar surface area (TPSA) is 61.6 Å². The number of nitrogens with zero attached hydrogens (tertiary/aromatic N) is 2. The van der Waals surface area contributed by atoms with Crippen LogP contribution in [0.15, 0.2) is 34.7 Å². The first-order chi connectivity index (χ1) is 10.7. The molecular formula is C17H17N3OS. The molecule has 0 unspecified atom stereocenters. The fourth-order valence-corrected chi connectivity index (χ4v) is 3.65. The minimum absolute atomic E-state index is 0.0816. The van der Waals surface area contributed by atoms with Crippen molar-refractivity contribution in [3.63, 3.8) is 0 Å². The van der Waals surface area contributed by atoms with Crippen LogP contribution >= 0.6 is 11.3 Å². The van der Waals surface area contributed by atoms with Gasteiger partial charge in [0.1, 0.15) is 10.9 Å². The summed E-state index contributed by atoms with van der Waals surface area (Å²) in [7, 11) is 0. The van der Waals surface area contributed by atoms with E-state index in [9.17, 15) is 4.79 Å². The third-order valence-electron chi connectivity index (χ3n) is 4.11. The number of nitriles is 1. The number of nitrogens with one attached hydrogen (secondary N) is 1. The van der Waals surface area contributed by atoms with Crippen LogP contribution in [-0.4, -0.2) is 9.55 Å². The molecule has 0 saturated carbocycles. The summed E-state index contributed by atoms with van der Waals surface area (Å²) in [5.41, 5.74) is 2.72. The molecule has 0 atom stereocenters. The molecule has 22 heavy (non-hydrogen) atoms. The van der Waals surface area contributed by atoms with E-state index in [-0.39, 0.29) is 5.56 Å². The fraction of sp³-hybridized carbons (Fsp3) is 0.294. The van der Waals surface area contributed by atoms with Crippen molar-refractivity contribution in [1.82, 2.24) is 9.55 Å². The highest BCUT2D eigenvalue weighted by molar-refractivity contribution is 7.10. The Balaban J connectivity index is 2.31. The van der Waals surface area contributed by atoms with E-state index in [4.69, 9.17) is 5.26 Å². The second-order valence-electron chi connectivity index (χ2n) is 5.30. The number of rotatable bonds is 4. The van der Waals surface area contributed by atoms with Crippen LogP contribution in [0.1, 0.15) is 37.6 Å². The van der Waals surface area contributed by atoms with Crippen LogP contribution in [0.25, 0.3) is 22.0 Å². The molecule has 0 aromatic carbocycles. The highest BCUT2D eigenvalue weighted by atomic mass is 32.1. The fourth-order valence-electron chi connectivity index (χ4n) is 2.96. The number of aromatic amines is 1. The Morgan fingerprint density at radius 1 is 1.41 bits per heavy atom. The van der Waals surface area contributed by atoms with E-state index in [0.29, 0.717) is 16.3 Å². The minimum Gasteiger partial charge on any atom is -0.344 e. The predicted molar refractivity (Wildman–Crippen MR) is 90.2 cm³/mol. The van der Waals surface area contributed by atoms with Crippen molar-refractivity contribution in [2.24, 2.45) is 0 Å². The van der Waals surface area contributed by atoms with E-state index < -0.39 is 0 Å². The molecule has 0 spiro atoms. The van der Waals surface area contributed by atoms with Crippen LogP contribution in [0.3, 0.4) is 0 Å². The first-order valence-corrected chi connectivity index (χ1v) is 8.28. The summed E-state index contributed by atoms with van der Waals surface area (Å²) in [4.78, 5) is 15.8. The van der Waals surface area contributed by atoms with E-state index in [1.54, 1.807) is 6.20 Å². The van der Waals surface area contributed by atoms with Gasteiger partial charge in [0.25, 0.3) is 5.56 Å². The van der Waals surface area contributed by atoms with Gasteiger partial charge in [0, 0.05) is 29.4 Å². The zero-order chi connectivity index (χ0) is 15.7. The SMILES string of the molecule is CCC(CC)n1cc(-c2csc(C#N)c2)c2c(=O)[nH]ccc21. The average molecular weight is 311 g/mol. The highest BCUT2D eigenvalue weighted by Crippen LogP contribution is 2.34. The Kier molecular flexibility index (Phi) is 3.86. The molecule has 0 radical (unpaired) electrons. The molecule has 3 aromatic rings. The molecule has 0 bridgehead atoms. The predicted octanol–water partition coefficient (Wildman–Crippen LogP) is 4.29. The van der Waals surface area contributed by atoms with Crippen LogP contribution in [0, 0.1) is 11.3 Å². The number of thiophene rings is 1. The smallest absolute Gasteiger partial charge is 0.258 e. The molecule has 3 heterocycles. The maximum absolute atomic E-state index is 12.3. The van der Waals surface area contributed by atoms with Gasteiger partial charge < -0.3 is 9.55 Å². The van der Waals surface area contributed by atoms with Gasteiger partial charge in [-0.2, -0.15) is 5.26 Å². The van der Waals surface area contributed by atoms with Gasteiger partial charge >= 0.3 is 0 Å². The van der Waals surface area contributed by atoms with Gasteiger partial charge in [-0.3, -0.25) is 4.79 Å². The van der Waals surface area contributed by atoms with Crippen molar-refractivity contribution < 1.29 is 0 Å². The number of pyridine rings is 1. The van der Waals surface area contributed by atoms with Crippen LogP contribution < -0.4 is 5.56 Å². The quantitative estimate of drug-likeness (QED) is 0.781. The molecule has 1 N–H and O–H groups in total. The molecule has 0 aliphatic rings.